The normalized spacial score (nSPS) is 11.3. The molecule has 0 aromatic carbocycles. The minimum atomic E-state index is -0.0977. The van der Waals surface area contributed by atoms with Crippen LogP contribution in [0.2, 0.25) is 0 Å². The van der Waals surface area contributed by atoms with Gasteiger partial charge >= 0.3 is 0 Å². The maximum Gasteiger partial charge on any atom is 0.211 e. The molecule has 0 rings (SSSR count). The van der Waals surface area contributed by atoms with Crippen LogP contribution in [0, 0.1) is 0 Å². The molecule has 0 aliphatic heterocycles. The van der Waals surface area contributed by atoms with E-state index in [-0.39, 0.29) is 5.96 Å². The summed E-state index contributed by atoms with van der Waals surface area (Å²) in [6.45, 7) is 5.45. The van der Waals surface area contributed by atoms with Gasteiger partial charge < -0.3 is 17.2 Å². The lowest BCUT2D eigenvalue weighted by atomic mass is 10.3. The third-order valence-electron chi connectivity index (χ3n) is 1.30. The Balaban J connectivity index is 4.26. The van der Waals surface area contributed by atoms with E-state index in [1.54, 1.807) is 6.92 Å². The van der Waals surface area contributed by atoms with Crippen molar-refractivity contribution in [2.45, 2.75) is 20.8 Å². The molecule has 0 saturated heterocycles. The van der Waals surface area contributed by atoms with E-state index in [0.717, 1.165) is 5.57 Å². The summed E-state index contributed by atoms with van der Waals surface area (Å²) < 4.78 is 0. The van der Waals surface area contributed by atoms with Crippen LogP contribution in [0.15, 0.2) is 26.7 Å². The lowest BCUT2D eigenvalue weighted by Gasteiger charge is -2.00. The average Bonchev–Trinajstić information content (AvgIpc) is 2.14. The smallest absolute Gasteiger partial charge is 0.211 e. The Morgan fingerprint density at radius 2 is 1.67 bits per heavy atom. The standard InChI is InChI=1S/C8H17N7/c1-5(2)7(9)14-12-4-6(3)13-15-8(10)11/h4,14H,9H2,1-3H3,(H4,10,11,15)/b12-4+,13-6-. The number of nitrogens with two attached hydrogens (primary N) is 3. The van der Waals surface area contributed by atoms with Crippen LogP contribution in [0.1, 0.15) is 20.8 Å². The van der Waals surface area contributed by atoms with Gasteiger partial charge in [0, 0.05) is 0 Å². The molecule has 0 fully saturated rings. The summed E-state index contributed by atoms with van der Waals surface area (Å²) in [5.74, 6) is 0.403. The molecule has 0 atom stereocenters. The first-order valence-corrected chi connectivity index (χ1v) is 4.28. The minimum absolute atomic E-state index is 0.0977. The van der Waals surface area contributed by atoms with Gasteiger partial charge in [0.05, 0.1) is 11.9 Å². The summed E-state index contributed by atoms with van der Waals surface area (Å²) in [6, 6.07) is 0. The Bertz CT molecular complexity index is 316. The number of nitrogens with one attached hydrogen (secondary N) is 1. The number of allylic oxidation sites excluding steroid dienone is 1. The Hall–Kier alpha value is -2.05. The average molecular weight is 211 g/mol. The third kappa shape index (κ3) is 7.05. The van der Waals surface area contributed by atoms with E-state index in [4.69, 9.17) is 17.2 Å². The molecule has 0 aromatic rings. The Labute approximate surface area is 88.8 Å². The van der Waals surface area contributed by atoms with E-state index >= 15 is 0 Å². The van der Waals surface area contributed by atoms with E-state index in [0.29, 0.717) is 11.5 Å². The number of hydrazone groups is 1. The predicted octanol–water partition coefficient (Wildman–Crippen LogP) is -0.579. The van der Waals surface area contributed by atoms with Gasteiger partial charge in [-0.3, -0.25) is 5.43 Å². The van der Waals surface area contributed by atoms with Crippen molar-refractivity contribution in [3.8, 4) is 0 Å². The topological polar surface area (TPSA) is 127 Å². The zero-order valence-corrected chi connectivity index (χ0v) is 9.15. The van der Waals surface area contributed by atoms with Crippen LogP contribution in [0.4, 0.5) is 0 Å². The van der Waals surface area contributed by atoms with Crippen molar-refractivity contribution in [2.24, 2.45) is 32.5 Å². The molecule has 0 unspecified atom stereocenters. The van der Waals surface area contributed by atoms with Crippen LogP contribution in [0.3, 0.4) is 0 Å². The van der Waals surface area contributed by atoms with Gasteiger partial charge in [0.15, 0.2) is 0 Å². The third-order valence-corrected chi connectivity index (χ3v) is 1.30. The highest BCUT2D eigenvalue weighted by Crippen LogP contribution is 1.90. The molecule has 0 bridgehead atoms. The summed E-state index contributed by atoms with van der Waals surface area (Å²) in [5, 5.41) is 11.0. The number of nitrogens with zero attached hydrogens (tertiary/aromatic N) is 3. The molecule has 7 heteroatoms. The lowest BCUT2D eigenvalue weighted by Crippen LogP contribution is -2.22. The summed E-state index contributed by atoms with van der Waals surface area (Å²) in [6.07, 6.45) is 1.46. The van der Waals surface area contributed by atoms with Crippen LogP contribution in [0.25, 0.3) is 0 Å². The molecule has 7 nitrogen and oxygen atoms in total. The number of rotatable bonds is 4. The second-order valence-corrected chi connectivity index (χ2v) is 3.05. The SMILES string of the molecule is CC(C)=C(N)N/N=C/C(C)=N\N=C(N)N. The van der Waals surface area contributed by atoms with Crippen molar-refractivity contribution in [3.05, 3.63) is 11.4 Å². The van der Waals surface area contributed by atoms with E-state index in [9.17, 15) is 0 Å². The van der Waals surface area contributed by atoms with E-state index in [1.165, 1.54) is 6.21 Å². The van der Waals surface area contributed by atoms with Gasteiger partial charge in [0.2, 0.25) is 5.96 Å². The van der Waals surface area contributed by atoms with Crippen LogP contribution in [-0.2, 0) is 0 Å². The Kier molecular flexibility index (Phi) is 5.53. The molecule has 7 N–H and O–H groups in total. The highest BCUT2D eigenvalue weighted by Gasteiger charge is 1.88. The second-order valence-electron chi connectivity index (χ2n) is 3.05. The van der Waals surface area contributed by atoms with Gasteiger partial charge in [-0.2, -0.15) is 10.2 Å². The highest BCUT2D eigenvalue weighted by molar-refractivity contribution is 6.29. The molecule has 0 aliphatic rings. The summed E-state index contributed by atoms with van der Waals surface area (Å²) in [4.78, 5) is 0. The summed E-state index contributed by atoms with van der Waals surface area (Å²) in [5.41, 5.74) is 19.9. The summed E-state index contributed by atoms with van der Waals surface area (Å²) in [7, 11) is 0. The summed E-state index contributed by atoms with van der Waals surface area (Å²) >= 11 is 0. The van der Waals surface area contributed by atoms with Gasteiger partial charge in [-0.15, -0.1) is 5.10 Å². The Morgan fingerprint density at radius 1 is 1.07 bits per heavy atom. The molecule has 0 radical (unpaired) electrons. The fourth-order valence-electron chi connectivity index (χ4n) is 0.469. The first-order valence-electron chi connectivity index (χ1n) is 4.28. The number of hydrogen-bond acceptors (Lipinski definition) is 5. The quantitative estimate of drug-likeness (QED) is 0.282. The monoisotopic (exact) mass is 211 g/mol. The maximum absolute atomic E-state index is 5.57. The fraction of sp³-hybridized carbons (Fsp3) is 0.375. The van der Waals surface area contributed by atoms with Crippen molar-refractivity contribution in [3.63, 3.8) is 0 Å². The fourth-order valence-corrected chi connectivity index (χ4v) is 0.469. The van der Waals surface area contributed by atoms with Gasteiger partial charge in [-0.25, -0.2) is 0 Å². The van der Waals surface area contributed by atoms with Crippen molar-refractivity contribution < 1.29 is 0 Å². The number of hydrogen-bond donors (Lipinski definition) is 4. The van der Waals surface area contributed by atoms with E-state index in [2.05, 4.69) is 20.7 Å². The highest BCUT2D eigenvalue weighted by atomic mass is 15.3. The van der Waals surface area contributed by atoms with Gasteiger partial charge in [0.25, 0.3) is 0 Å². The van der Waals surface area contributed by atoms with Gasteiger partial charge in [-0.05, 0) is 26.3 Å². The zero-order chi connectivity index (χ0) is 11.8. The lowest BCUT2D eigenvalue weighted by molar-refractivity contribution is 0.856. The molecule has 0 aliphatic carbocycles. The molecule has 84 valence electrons. The molecular formula is C8H17N7. The van der Waals surface area contributed by atoms with Crippen LogP contribution < -0.4 is 22.6 Å². The van der Waals surface area contributed by atoms with Crippen LogP contribution in [-0.4, -0.2) is 17.9 Å². The molecule has 0 heterocycles. The number of guanidine groups is 1. The first-order chi connectivity index (χ1) is 6.93. The predicted molar refractivity (Wildman–Crippen MR) is 63.1 cm³/mol. The molecule has 0 saturated carbocycles. The second kappa shape index (κ2) is 6.41. The van der Waals surface area contributed by atoms with Crippen molar-refractivity contribution >= 4 is 17.9 Å². The van der Waals surface area contributed by atoms with Gasteiger partial charge in [0.1, 0.15) is 5.82 Å². The molecule has 15 heavy (non-hydrogen) atoms. The molecular weight excluding hydrogens is 194 g/mol. The van der Waals surface area contributed by atoms with Gasteiger partial charge in [-0.1, -0.05) is 0 Å². The zero-order valence-electron chi connectivity index (χ0n) is 9.15. The molecule has 0 spiro atoms. The van der Waals surface area contributed by atoms with E-state index < -0.39 is 0 Å². The first kappa shape index (κ1) is 12.9. The van der Waals surface area contributed by atoms with Crippen LogP contribution in [0.5, 0.6) is 0 Å². The van der Waals surface area contributed by atoms with E-state index in [1.807, 2.05) is 13.8 Å². The maximum atomic E-state index is 5.57. The van der Waals surface area contributed by atoms with Crippen molar-refractivity contribution in [1.29, 1.82) is 0 Å². The largest absolute Gasteiger partial charge is 0.384 e. The van der Waals surface area contributed by atoms with Crippen molar-refractivity contribution in [2.75, 3.05) is 0 Å². The van der Waals surface area contributed by atoms with Crippen LogP contribution >= 0.6 is 0 Å². The molecule has 0 aromatic heterocycles. The molecule has 0 amide bonds. The Morgan fingerprint density at radius 3 is 2.13 bits per heavy atom. The van der Waals surface area contributed by atoms with Crippen molar-refractivity contribution in [1.82, 2.24) is 5.43 Å². The minimum Gasteiger partial charge on any atom is -0.384 e.